The Morgan fingerprint density at radius 2 is 0.912 bits per heavy atom. The molecule has 0 saturated carbocycles. The third-order valence-electron chi connectivity index (χ3n) is 6.47. The number of hydrogen-bond acceptors (Lipinski definition) is 0. The van der Waals surface area contributed by atoms with Gasteiger partial charge in [0.2, 0.25) is 0 Å². The van der Waals surface area contributed by atoms with Gasteiger partial charge in [-0.1, -0.05) is 127 Å². The Morgan fingerprint density at radius 3 is 1.56 bits per heavy atom. The van der Waals surface area contributed by atoms with Gasteiger partial charge in [0.15, 0.2) is 0 Å². The van der Waals surface area contributed by atoms with Crippen LogP contribution in [0.3, 0.4) is 0 Å². The molecule has 7 aromatic rings. The third-order valence-corrected chi connectivity index (χ3v) is 6.47. The summed E-state index contributed by atoms with van der Waals surface area (Å²) in [4.78, 5) is 0. The van der Waals surface area contributed by atoms with E-state index in [4.69, 9.17) is 11.0 Å². The minimum Gasteiger partial charge on any atom is -0.0622 e. The summed E-state index contributed by atoms with van der Waals surface area (Å²) < 4.78 is 70.9. The van der Waals surface area contributed by atoms with Crippen LogP contribution in [0.4, 0.5) is 0 Å². The Morgan fingerprint density at radius 1 is 0.412 bits per heavy atom. The van der Waals surface area contributed by atoms with Gasteiger partial charge >= 0.3 is 0 Å². The van der Waals surface area contributed by atoms with Gasteiger partial charge in [0.1, 0.15) is 0 Å². The summed E-state index contributed by atoms with van der Waals surface area (Å²) in [7, 11) is 0. The molecule has 7 rings (SSSR count). The van der Waals surface area contributed by atoms with E-state index in [1.165, 1.54) is 0 Å². The SMILES string of the molecule is [2H]c1c([2H])c([2H])c2c(-c3cc4ccccc4c4ccccc34)c3c([2H])c([2H])c([2H])c([2H])c3c(-c3ccccc3)c2c1[2H]. The fourth-order valence-corrected chi connectivity index (χ4v) is 5.05. The number of rotatable bonds is 2. The lowest BCUT2D eigenvalue weighted by molar-refractivity contribution is 1.67. The van der Waals surface area contributed by atoms with E-state index in [-0.39, 0.29) is 45.7 Å². The Kier molecular flexibility index (Phi) is 2.83. The summed E-state index contributed by atoms with van der Waals surface area (Å²) in [6, 6.07) is 24.0. The first-order valence-electron chi connectivity index (χ1n) is 15.1. The molecular weight excluding hydrogens is 408 g/mol. The fourth-order valence-electron chi connectivity index (χ4n) is 5.05. The average Bonchev–Trinajstić information content (AvgIpc) is 3.03. The Bertz CT molecular complexity index is 2190. The molecule has 0 aliphatic rings. The highest BCUT2D eigenvalue weighted by atomic mass is 14.2. The summed E-state index contributed by atoms with van der Waals surface area (Å²) in [6.07, 6.45) is 0. The van der Waals surface area contributed by atoms with Crippen molar-refractivity contribution in [1.82, 2.24) is 0 Å². The summed E-state index contributed by atoms with van der Waals surface area (Å²) in [5.41, 5.74) is 1.94. The highest BCUT2D eigenvalue weighted by Crippen LogP contribution is 2.46. The van der Waals surface area contributed by atoms with E-state index in [1.54, 1.807) is 24.3 Å². The monoisotopic (exact) mass is 438 g/mol. The standard InChI is InChI=1S/C34H22/c1-2-12-23(13-3-1)33-28-18-8-10-20-30(28)34(31-21-11-9-19-29(31)33)32-22-24-14-4-5-15-25(24)26-16-6-7-17-27(26)32/h1-22H/i8D,9D,10D,11D,18D,19D,20D,21D. The number of fused-ring (bicyclic) bond motifs is 5. The molecule has 0 bridgehead atoms. The van der Waals surface area contributed by atoms with Crippen LogP contribution in [0.2, 0.25) is 0 Å². The molecule has 34 heavy (non-hydrogen) atoms. The minimum atomic E-state index is -0.405. The first-order valence-corrected chi connectivity index (χ1v) is 11.1. The van der Waals surface area contributed by atoms with E-state index in [2.05, 4.69) is 0 Å². The average molecular weight is 439 g/mol. The van der Waals surface area contributed by atoms with Crippen molar-refractivity contribution in [3.63, 3.8) is 0 Å². The molecule has 0 atom stereocenters. The van der Waals surface area contributed by atoms with Crippen LogP contribution >= 0.6 is 0 Å². The van der Waals surface area contributed by atoms with Crippen molar-refractivity contribution in [3.8, 4) is 22.3 Å². The number of benzene rings is 7. The van der Waals surface area contributed by atoms with Gasteiger partial charge in [-0.3, -0.25) is 0 Å². The van der Waals surface area contributed by atoms with E-state index in [1.807, 2.05) is 60.7 Å². The zero-order valence-electron chi connectivity index (χ0n) is 26.1. The molecule has 0 saturated heterocycles. The van der Waals surface area contributed by atoms with E-state index in [0.29, 0.717) is 22.3 Å². The third kappa shape index (κ3) is 2.79. The van der Waals surface area contributed by atoms with Gasteiger partial charge < -0.3 is 0 Å². The van der Waals surface area contributed by atoms with Crippen LogP contribution in [0.15, 0.2) is 133 Å². The quantitative estimate of drug-likeness (QED) is 0.186. The first kappa shape index (κ1) is 12.7. The van der Waals surface area contributed by atoms with E-state index >= 15 is 0 Å². The van der Waals surface area contributed by atoms with Crippen LogP contribution in [0.25, 0.3) is 65.3 Å². The molecule has 0 radical (unpaired) electrons. The molecule has 0 nitrogen and oxygen atoms in total. The van der Waals surface area contributed by atoms with Gasteiger partial charge in [-0.15, -0.1) is 0 Å². The molecule has 0 heteroatoms. The smallest absolute Gasteiger partial charge is 0.0622 e. The Balaban J connectivity index is 1.89. The van der Waals surface area contributed by atoms with Crippen LogP contribution < -0.4 is 0 Å². The molecule has 0 N–H and O–H groups in total. The van der Waals surface area contributed by atoms with Gasteiger partial charge in [0, 0.05) is 0 Å². The second kappa shape index (κ2) is 7.57. The lowest BCUT2D eigenvalue weighted by atomic mass is 9.84. The normalized spacial score (nSPS) is 14.8. The summed E-state index contributed by atoms with van der Waals surface area (Å²) in [6.45, 7) is 0. The molecule has 0 spiro atoms. The van der Waals surface area contributed by atoms with Crippen molar-refractivity contribution in [2.45, 2.75) is 0 Å². The largest absolute Gasteiger partial charge is 0.0629 e. The van der Waals surface area contributed by atoms with Gasteiger partial charge in [0.05, 0.1) is 11.0 Å². The van der Waals surface area contributed by atoms with E-state index in [9.17, 15) is 0 Å². The lowest BCUT2D eigenvalue weighted by Gasteiger charge is -2.19. The predicted octanol–water partition coefficient (Wildman–Crippen LogP) is 9.63. The zero-order chi connectivity index (χ0) is 29.4. The molecule has 0 fully saturated rings. The first-order chi connectivity index (χ1) is 20.2. The molecule has 0 aliphatic heterocycles. The molecule has 7 aromatic carbocycles. The second-order valence-electron chi connectivity index (χ2n) is 8.31. The van der Waals surface area contributed by atoms with Crippen LogP contribution in [0.5, 0.6) is 0 Å². The van der Waals surface area contributed by atoms with Gasteiger partial charge in [-0.05, 0) is 71.4 Å². The zero-order valence-corrected chi connectivity index (χ0v) is 18.1. The maximum Gasteiger partial charge on any atom is 0.0629 e. The van der Waals surface area contributed by atoms with Gasteiger partial charge in [-0.25, -0.2) is 0 Å². The molecule has 0 unspecified atom stereocenters. The maximum atomic E-state index is 9.16. The minimum absolute atomic E-state index is 0.219. The Labute approximate surface area is 210 Å². The van der Waals surface area contributed by atoms with Gasteiger partial charge in [-0.2, -0.15) is 0 Å². The van der Waals surface area contributed by atoms with Crippen molar-refractivity contribution in [1.29, 1.82) is 0 Å². The summed E-state index contributed by atoms with van der Waals surface area (Å²) in [5.74, 6) is 0. The van der Waals surface area contributed by atoms with Crippen LogP contribution in [-0.4, -0.2) is 0 Å². The van der Waals surface area contributed by atoms with Crippen molar-refractivity contribution < 1.29 is 11.0 Å². The maximum absolute atomic E-state index is 9.16. The van der Waals surface area contributed by atoms with E-state index < -0.39 is 24.2 Å². The van der Waals surface area contributed by atoms with Crippen LogP contribution in [-0.2, 0) is 0 Å². The second-order valence-corrected chi connectivity index (χ2v) is 8.31. The molecule has 158 valence electrons. The Hall–Kier alpha value is -4.42. The van der Waals surface area contributed by atoms with Crippen molar-refractivity contribution >= 4 is 43.1 Å². The topological polar surface area (TPSA) is 0 Å². The summed E-state index contributed by atoms with van der Waals surface area (Å²) in [5, 5.41) is 4.54. The lowest BCUT2D eigenvalue weighted by Crippen LogP contribution is -1.92. The van der Waals surface area contributed by atoms with Crippen LogP contribution in [0.1, 0.15) is 11.0 Å². The highest BCUT2D eigenvalue weighted by Gasteiger charge is 2.18. The molecule has 0 heterocycles. The van der Waals surface area contributed by atoms with Crippen LogP contribution in [0, 0.1) is 0 Å². The molecule has 0 aromatic heterocycles. The van der Waals surface area contributed by atoms with Crippen molar-refractivity contribution in [2.75, 3.05) is 0 Å². The van der Waals surface area contributed by atoms with E-state index in [0.717, 1.165) is 21.5 Å². The highest BCUT2D eigenvalue weighted by molar-refractivity contribution is 6.25. The predicted molar refractivity (Wildman–Crippen MR) is 147 cm³/mol. The molecule has 0 amide bonds. The summed E-state index contributed by atoms with van der Waals surface area (Å²) >= 11 is 0. The van der Waals surface area contributed by atoms with Gasteiger partial charge in [0.25, 0.3) is 0 Å². The van der Waals surface area contributed by atoms with Crippen molar-refractivity contribution in [3.05, 3.63) is 133 Å². The van der Waals surface area contributed by atoms with Crippen molar-refractivity contribution in [2.24, 2.45) is 0 Å². The number of hydrogen-bond donors (Lipinski definition) is 0. The molecular formula is C34H22. The fraction of sp³-hybridized carbons (Fsp3) is 0. The molecule has 0 aliphatic carbocycles.